The number of quaternary nitrogens is 1. The first-order valence-corrected chi connectivity index (χ1v) is 6.32. The van der Waals surface area contributed by atoms with Crippen molar-refractivity contribution in [2.24, 2.45) is 0 Å². The molecule has 2 fully saturated rings. The van der Waals surface area contributed by atoms with E-state index in [0.29, 0.717) is 17.8 Å². The third-order valence-electron chi connectivity index (χ3n) is 4.24. The van der Waals surface area contributed by atoms with Gasteiger partial charge in [-0.15, -0.1) is 0 Å². The Hall–Kier alpha value is -1.29. The number of nitrogens with one attached hydrogen (secondary N) is 1. The smallest absolute Gasteiger partial charge is 0.374 e. The van der Waals surface area contributed by atoms with Crippen LogP contribution in [0.2, 0.25) is 0 Å². The van der Waals surface area contributed by atoms with E-state index >= 15 is 0 Å². The highest BCUT2D eigenvalue weighted by Gasteiger charge is 2.43. The minimum Gasteiger partial charge on any atom is -0.457 e. The van der Waals surface area contributed by atoms with Crippen LogP contribution in [-0.4, -0.2) is 31.2 Å². The Morgan fingerprint density at radius 1 is 1.41 bits per heavy atom. The SMILES string of the molecule is C[NH+]1[C@@H]2CC[C@H]1CC(OC(=O)c1ccco1)C2. The number of fused-ring (bicyclic) bond motifs is 2. The van der Waals surface area contributed by atoms with Crippen molar-refractivity contribution >= 4 is 5.97 Å². The third-order valence-corrected chi connectivity index (χ3v) is 4.24. The Labute approximate surface area is 101 Å². The van der Waals surface area contributed by atoms with Crippen LogP contribution in [0.5, 0.6) is 0 Å². The molecule has 1 aromatic heterocycles. The van der Waals surface area contributed by atoms with Gasteiger partial charge >= 0.3 is 5.97 Å². The number of esters is 1. The predicted molar refractivity (Wildman–Crippen MR) is 60.8 cm³/mol. The average molecular weight is 236 g/mol. The lowest BCUT2D eigenvalue weighted by atomic mass is 10.0. The van der Waals surface area contributed by atoms with Gasteiger partial charge in [-0.25, -0.2) is 4.79 Å². The van der Waals surface area contributed by atoms with E-state index in [2.05, 4.69) is 7.05 Å². The van der Waals surface area contributed by atoms with Crippen molar-refractivity contribution in [3.63, 3.8) is 0 Å². The van der Waals surface area contributed by atoms with E-state index in [0.717, 1.165) is 12.8 Å². The van der Waals surface area contributed by atoms with Crippen molar-refractivity contribution in [2.45, 2.75) is 43.9 Å². The maximum absolute atomic E-state index is 11.8. The number of rotatable bonds is 2. The van der Waals surface area contributed by atoms with Gasteiger partial charge in [0, 0.05) is 25.7 Å². The average Bonchev–Trinajstić information content (AvgIpc) is 2.88. The Balaban J connectivity index is 1.62. The van der Waals surface area contributed by atoms with Crippen molar-refractivity contribution in [2.75, 3.05) is 7.05 Å². The molecule has 17 heavy (non-hydrogen) atoms. The zero-order chi connectivity index (χ0) is 11.8. The molecule has 0 saturated carbocycles. The van der Waals surface area contributed by atoms with Gasteiger partial charge in [-0.3, -0.25) is 0 Å². The zero-order valence-electron chi connectivity index (χ0n) is 10.0. The minimum atomic E-state index is -0.320. The fourth-order valence-electron chi connectivity index (χ4n) is 3.23. The first kappa shape index (κ1) is 10.8. The third kappa shape index (κ3) is 1.97. The second-order valence-corrected chi connectivity index (χ2v) is 5.19. The van der Waals surface area contributed by atoms with Crippen molar-refractivity contribution in [3.8, 4) is 0 Å². The Morgan fingerprint density at radius 3 is 2.71 bits per heavy atom. The van der Waals surface area contributed by atoms with Crippen LogP contribution in [0.25, 0.3) is 0 Å². The molecular weight excluding hydrogens is 218 g/mol. The first-order chi connectivity index (χ1) is 8.24. The molecule has 0 spiro atoms. The Kier molecular flexibility index (Phi) is 2.67. The molecule has 1 N–H and O–H groups in total. The number of carbonyl (C=O) groups is 1. The molecule has 4 atom stereocenters. The molecule has 3 heterocycles. The molecule has 4 nitrogen and oxygen atoms in total. The summed E-state index contributed by atoms with van der Waals surface area (Å²) in [7, 11) is 2.26. The predicted octanol–water partition coefficient (Wildman–Crippen LogP) is 0.645. The lowest BCUT2D eigenvalue weighted by Crippen LogP contribution is -3.15. The molecule has 2 aliphatic heterocycles. The molecule has 2 bridgehead atoms. The molecule has 2 unspecified atom stereocenters. The van der Waals surface area contributed by atoms with Crippen molar-refractivity contribution in [3.05, 3.63) is 24.2 Å². The topological polar surface area (TPSA) is 43.9 Å². The van der Waals surface area contributed by atoms with E-state index in [1.54, 1.807) is 17.0 Å². The molecular formula is C13H18NO3+. The summed E-state index contributed by atoms with van der Waals surface area (Å²) in [6.07, 6.45) is 6.10. The van der Waals surface area contributed by atoms with Crippen LogP contribution in [0, 0.1) is 0 Å². The van der Waals surface area contributed by atoms with Crippen molar-refractivity contribution in [1.82, 2.24) is 0 Å². The van der Waals surface area contributed by atoms with Gasteiger partial charge < -0.3 is 14.1 Å². The summed E-state index contributed by atoms with van der Waals surface area (Å²) in [4.78, 5) is 13.4. The standard InChI is InChI=1S/C13H17NO3/c1-14-9-4-5-10(14)8-11(7-9)17-13(15)12-3-2-6-16-12/h2-3,6,9-11H,4-5,7-8H2,1H3/p+1/t9-,10+,11?. The molecule has 2 saturated heterocycles. The fraction of sp³-hybridized carbons (Fsp3) is 0.615. The van der Waals surface area contributed by atoms with Gasteiger partial charge in [0.15, 0.2) is 0 Å². The maximum atomic E-state index is 11.8. The van der Waals surface area contributed by atoms with Gasteiger partial charge in [-0.2, -0.15) is 0 Å². The van der Waals surface area contributed by atoms with Gasteiger partial charge in [-0.05, 0) is 12.1 Å². The summed E-state index contributed by atoms with van der Waals surface area (Å²) in [6, 6.07) is 4.70. The molecule has 1 aromatic rings. The Morgan fingerprint density at radius 2 is 2.12 bits per heavy atom. The fourth-order valence-corrected chi connectivity index (χ4v) is 3.23. The summed E-state index contributed by atoms with van der Waals surface area (Å²) >= 11 is 0. The number of piperidine rings is 1. The second-order valence-electron chi connectivity index (χ2n) is 5.19. The molecule has 92 valence electrons. The zero-order valence-corrected chi connectivity index (χ0v) is 10.0. The van der Waals surface area contributed by atoms with Crippen LogP contribution in [0.3, 0.4) is 0 Å². The molecule has 0 amide bonds. The highest BCUT2D eigenvalue weighted by Crippen LogP contribution is 2.25. The normalized spacial score (nSPS) is 35.8. The van der Waals surface area contributed by atoms with E-state index in [-0.39, 0.29) is 12.1 Å². The number of hydrogen-bond acceptors (Lipinski definition) is 3. The first-order valence-electron chi connectivity index (χ1n) is 6.32. The molecule has 0 aliphatic carbocycles. The van der Waals surface area contributed by atoms with Crippen LogP contribution in [0.15, 0.2) is 22.8 Å². The van der Waals surface area contributed by atoms with Crippen LogP contribution in [-0.2, 0) is 4.74 Å². The minimum absolute atomic E-state index is 0.0776. The number of carbonyl (C=O) groups excluding carboxylic acids is 1. The highest BCUT2D eigenvalue weighted by atomic mass is 16.6. The van der Waals surface area contributed by atoms with Crippen molar-refractivity contribution < 1.29 is 18.8 Å². The van der Waals surface area contributed by atoms with Crippen LogP contribution in [0.4, 0.5) is 0 Å². The summed E-state index contributed by atoms with van der Waals surface area (Å²) in [5, 5.41) is 0. The van der Waals surface area contributed by atoms with E-state index in [1.165, 1.54) is 19.1 Å². The molecule has 3 rings (SSSR count). The van der Waals surface area contributed by atoms with Crippen LogP contribution >= 0.6 is 0 Å². The van der Waals surface area contributed by atoms with Gasteiger partial charge in [0.2, 0.25) is 5.76 Å². The number of ether oxygens (including phenoxy) is 1. The lowest BCUT2D eigenvalue weighted by Gasteiger charge is -2.32. The molecule has 0 aromatic carbocycles. The highest BCUT2D eigenvalue weighted by molar-refractivity contribution is 5.86. The van der Waals surface area contributed by atoms with Gasteiger partial charge in [-0.1, -0.05) is 0 Å². The van der Waals surface area contributed by atoms with E-state index in [9.17, 15) is 4.79 Å². The number of furan rings is 1. The molecule has 0 radical (unpaired) electrons. The van der Waals surface area contributed by atoms with E-state index in [4.69, 9.17) is 9.15 Å². The van der Waals surface area contributed by atoms with E-state index < -0.39 is 0 Å². The second kappa shape index (κ2) is 4.18. The van der Waals surface area contributed by atoms with Gasteiger partial charge in [0.25, 0.3) is 0 Å². The molecule has 4 heteroatoms. The van der Waals surface area contributed by atoms with Crippen molar-refractivity contribution in [1.29, 1.82) is 0 Å². The quantitative estimate of drug-likeness (QED) is 0.767. The monoisotopic (exact) mass is 236 g/mol. The molecule has 2 aliphatic rings. The lowest BCUT2D eigenvalue weighted by molar-refractivity contribution is -0.923. The summed E-state index contributed by atoms with van der Waals surface area (Å²) < 4.78 is 10.6. The summed E-state index contributed by atoms with van der Waals surface area (Å²) in [6.45, 7) is 0. The summed E-state index contributed by atoms with van der Waals surface area (Å²) in [5.74, 6) is -0.0115. The largest absolute Gasteiger partial charge is 0.457 e. The van der Waals surface area contributed by atoms with Crippen LogP contribution in [0.1, 0.15) is 36.2 Å². The number of hydrogen-bond donors (Lipinski definition) is 1. The van der Waals surface area contributed by atoms with Gasteiger partial charge in [0.1, 0.15) is 6.10 Å². The van der Waals surface area contributed by atoms with Gasteiger partial charge in [0.05, 0.1) is 25.4 Å². The van der Waals surface area contributed by atoms with Crippen LogP contribution < -0.4 is 4.90 Å². The van der Waals surface area contributed by atoms with E-state index in [1.807, 2.05) is 0 Å². The maximum Gasteiger partial charge on any atom is 0.374 e. The summed E-state index contributed by atoms with van der Waals surface area (Å²) in [5.41, 5.74) is 0. The Bertz CT molecular complexity index is 387.